The van der Waals surface area contributed by atoms with Crippen molar-refractivity contribution >= 4 is 23.4 Å². The lowest BCUT2D eigenvalue weighted by Gasteiger charge is -2.09. The zero-order valence-electron chi connectivity index (χ0n) is 13.5. The van der Waals surface area contributed by atoms with Gasteiger partial charge in [0.2, 0.25) is 5.95 Å². The molecule has 0 amide bonds. The van der Waals surface area contributed by atoms with E-state index in [2.05, 4.69) is 20.6 Å². The van der Waals surface area contributed by atoms with Gasteiger partial charge in [0, 0.05) is 29.9 Å². The summed E-state index contributed by atoms with van der Waals surface area (Å²) in [5.74, 6) is 0.926. The summed E-state index contributed by atoms with van der Waals surface area (Å²) in [7, 11) is 0. The van der Waals surface area contributed by atoms with Crippen LogP contribution in [0.5, 0.6) is 0 Å². The number of benzene rings is 2. The number of anilines is 2. The molecule has 0 bridgehead atoms. The fraction of sp³-hybridized carbons (Fsp3) is 0.158. The van der Waals surface area contributed by atoms with Crippen molar-refractivity contribution in [2.45, 2.75) is 13.0 Å². The molecule has 0 fully saturated rings. The highest BCUT2D eigenvalue weighted by Gasteiger charge is 2.03. The number of hydrogen-bond acceptors (Lipinski definition) is 4. The molecule has 0 aliphatic carbocycles. The zero-order valence-corrected chi connectivity index (χ0v) is 14.3. The van der Waals surface area contributed by atoms with E-state index in [1.54, 1.807) is 30.5 Å². The second-order valence-corrected chi connectivity index (χ2v) is 5.95. The van der Waals surface area contributed by atoms with E-state index < -0.39 is 0 Å². The first kappa shape index (κ1) is 17.2. The number of nitrogens with one attached hydrogen (secondary N) is 2. The fourth-order valence-electron chi connectivity index (χ4n) is 2.39. The first-order valence-electron chi connectivity index (χ1n) is 7.99. The minimum Gasteiger partial charge on any atom is -0.370 e. The smallest absolute Gasteiger partial charge is 0.224 e. The molecule has 0 unspecified atom stereocenters. The Labute approximate surface area is 151 Å². The molecule has 25 heavy (non-hydrogen) atoms. The van der Waals surface area contributed by atoms with Crippen LogP contribution in [-0.2, 0) is 13.0 Å². The van der Waals surface area contributed by atoms with Crippen LogP contribution in [-0.4, -0.2) is 16.5 Å². The van der Waals surface area contributed by atoms with Gasteiger partial charge in [-0.15, -0.1) is 0 Å². The molecule has 3 aromatic rings. The summed E-state index contributed by atoms with van der Waals surface area (Å²) in [6.07, 6.45) is 2.50. The van der Waals surface area contributed by atoms with E-state index in [4.69, 9.17) is 11.6 Å². The van der Waals surface area contributed by atoms with E-state index in [1.165, 1.54) is 6.07 Å². The Balaban J connectivity index is 1.53. The third-order valence-corrected chi connectivity index (χ3v) is 3.89. The van der Waals surface area contributed by atoms with Crippen molar-refractivity contribution in [3.05, 3.63) is 82.8 Å². The first-order valence-corrected chi connectivity index (χ1v) is 8.37. The minimum atomic E-state index is -0.245. The van der Waals surface area contributed by atoms with Gasteiger partial charge in [-0.05, 0) is 36.2 Å². The highest BCUT2D eigenvalue weighted by molar-refractivity contribution is 6.30. The third kappa shape index (κ3) is 5.16. The summed E-state index contributed by atoms with van der Waals surface area (Å²) in [6, 6.07) is 16.2. The Morgan fingerprint density at radius 3 is 2.72 bits per heavy atom. The largest absolute Gasteiger partial charge is 0.370 e. The number of hydrogen-bond donors (Lipinski definition) is 2. The van der Waals surface area contributed by atoms with Gasteiger partial charge in [-0.25, -0.2) is 9.37 Å². The van der Waals surface area contributed by atoms with Crippen molar-refractivity contribution in [1.82, 2.24) is 9.97 Å². The van der Waals surface area contributed by atoms with Crippen LogP contribution in [0.25, 0.3) is 0 Å². The van der Waals surface area contributed by atoms with Crippen molar-refractivity contribution in [3.8, 4) is 0 Å². The number of nitrogens with zero attached hydrogens (tertiary/aromatic N) is 2. The second kappa shape index (κ2) is 8.44. The molecule has 0 aliphatic heterocycles. The third-order valence-electron chi connectivity index (χ3n) is 3.66. The predicted molar refractivity (Wildman–Crippen MR) is 99.4 cm³/mol. The number of halogens is 2. The van der Waals surface area contributed by atoms with Crippen LogP contribution in [0, 0.1) is 5.82 Å². The highest BCUT2D eigenvalue weighted by Crippen LogP contribution is 2.13. The molecule has 4 nitrogen and oxygen atoms in total. The van der Waals surface area contributed by atoms with Gasteiger partial charge < -0.3 is 10.6 Å². The van der Waals surface area contributed by atoms with Gasteiger partial charge in [0.15, 0.2) is 0 Å². The fourth-order valence-corrected chi connectivity index (χ4v) is 2.60. The van der Waals surface area contributed by atoms with Crippen molar-refractivity contribution in [3.63, 3.8) is 0 Å². The molecule has 0 saturated carbocycles. The van der Waals surface area contributed by atoms with E-state index in [0.717, 1.165) is 23.6 Å². The molecule has 6 heteroatoms. The summed E-state index contributed by atoms with van der Waals surface area (Å²) in [5.41, 5.74) is 1.73. The topological polar surface area (TPSA) is 49.8 Å². The van der Waals surface area contributed by atoms with Crippen molar-refractivity contribution in [2.75, 3.05) is 17.2 Å². The molecule has 1 heterocycles. The highest BCUT2D eigenvalue weighted by atomic mass is 35.5. The van der Waals surface area contributed by atoms with Crippen LogP contribution in [0.1, 0.15) is 11.1 Å². The van der Waals surface area contributed by atoms with Crippen LogP contribution in [0.2, 0.25) is 5.02 Å². The summed E-state index contributed by atoms with van der Waals surface area (Å²) in [6.45, 7) is 1.06. The SMILES string of the molecule is Fc1ccccc1CNc1nccc(NCCc2cccc(Cl)c2)n1. The molecule has 1 aromatic heterocycles. The van der Waals surface area contributed by atoms with Gasteiger partial charge in [-0.2, -0.15) is 4.98 Å². The second-order valence-electron chi connectivity index (χ2n) is 5.52. The van der Waals surface area contributed by atoms with Crippen LogP contribution in [0.3, 0.4) is 0 Å². The number of aromatic nitrogens is 2. The molecular formula is C19H18ClFN4. The molecule has 0 atom stereocenters. The zero-order chi connectivity index (χ0) is 17.5. The molecule has 0 saturated heterocycles. The van der Waals surface area contributed by atoms with E-state index in [1.807, 2.05) is 24.3 Å². The lowest BCUT2D eigenvalue weighted by molar-refractivity contribution is 0.612. The Hall–Kier alpha value is -2.66. The summed E-state index contributed by atoms with van der Waals surface area (Å²) in [4.78, 5) is 8.54. The van der Waals surface area contributed by atoms with Crippen LogP contribution >= 0.6 is 11.6 Å². The lowest BCUT2D eigenvalue weighted by Crippen LogP contribution is -2.09. The van der Waals surface area contributed by atoms with E-state index in [0.29, 0.717) is 23.9 Å². The Morgan fingerprint density at radius 1 is 1.00 bits per heavy atom. The van der Waals surface area contributed by atoms with Gasteiger partial charge >= 0.3 is 0 Å². The van der Waals surface area contributed by atoms with Crippen LogP contribution in [0.15, 0.2) is 60.8 Å². The van der Waals surface area contributed by atoms with Gasteiger partial charge in [-0.3, -0.25) is 0 Å². The Morgan fingerprint density at radius 2 is 1.88 bits per heavy atom. The maximum Gasteiger partial charge on any atom is 0.224 e. The van der Waals surface area contributed by atoms with Gasteiger partial charge in [0.05, 0.1) is 0 Å². The molecule has 0 aliphatic rings. The standard InChI is InChI=1S/C19H18ClFN4/c20-16-6-3-4-14(12-16)8-10-22-18-9-11-23-19(25-18)24-13-15-5-1-2-7-17(15)21/h1-7,9,11-12H,8,10,13H2,(H2,22,23,24,25). The molecule has 3 rings (SSSR count). The van der Waals surface area contributed by atoms with Gasteiger partial charge in [0.1, 0.15) is 11.6 Å². The average Bonchev–Trinajstić information content (AvgIpc) is 2.62. The molecule has 0 radical (unpaired) electrons. The molecule has 128 valence electrons. The van der Waals surface area contributed by atoms with Crippen molar-refractivity contribution in [1.29, 1.82) is 0 Å². The first-order chi connectivity index (χ1) is 12.2. The average molecular weight is 357 g/mol. The maximum atomic E-state index is 13.6. The number of rotatable bonds is 7. The van der Waals surface area contributed by atoms with Gasteiger partial charge in [-0.1, -0.05) is 41.9 Å². The minimum absolute atomic E-state index is 0.245. The molecule has 2 N–H and O–H groups in total. The van der Waals surface area contributed by atoms with Crippen molar-refractivity contribution < 1.29 is 4.39 Å². The predicted octanol–water partition coefficient (Wildman–Crippen LogP) is 4.54. The quantitative estimate of drug-likeness (QED) is 0.652. The summed E-state index contributed by atoms with van der Waals surface area (Å²) in [5, 5.41) is 7.03. The van der Waals surface area contributed by atoms with Gasteiger partial charge in [0.25, 0.3) is 0 Å². The monoisotopic (exact) mass is 356 g/mol. The van der Waals surface area contributed by atoms with Crippen LogP contribution in [0.4, 0.5) is 16.2 Å². The molecule has 2 aromatic carbocycles. The van der Waals surface area contributed by atoms with E-state index in [-0.39, 0.29) is 5.82 Å². The van der Waals surface area contributed by atoms with E-state index in [9.17, 15) is 4.39 Å². The van der Waals surface area contributed by atoms with Crippen LogP contribution < -0.4 is 10.6 Å². The Kier molecular flexibility index (Phi) is 5.80. The summed E-state index contributed by atoms with van der Waals surface area (Å²) >= 11 is 5.98. The maximum absolute atomic E-state index is 13.6. The summed E-state index contributed by atoms with van der Waals surface area (Å²) < 4.78 is 13.6. The van der Waals surface area contributed by atoms with Crippen molar-refractivity contribution in [2.24, 2.45) is 0 Å². The lowest BCUT2D eigenvalue weighted by atomic mass is 10.1. The molecule has 0 spiro atoms. The normalized spacial score (nSPS) is 10.5. The van der Waals surface area contributed by atoms with E-state index >= 15 is 0 Å². The Bertz CT molecular complexity index is 841. The molecular weight excluding hydrogens is 339 g/mol.